The van der Waals surface area contributed by atoms with Gasteiger partial charge in [-0.15, -0.1) is 0 Å². The molecule has 0 spiro atoms. The largest absolute Gasteiger partial charge is 0.0622 e. The maximum absolute atomic E-state index is 2.44. The van der Waals surface area contributed by atoms with Gasteiger partial charge < -0.3 is 0 Å². The molecule has 26 aromatic carbocycles. The topological polar surface area (TPSA) is 0 Å². The van der Waals surface area contributed by atoms with E-state index in [0.717, 1.165) is 0 Å². The monoisotopic (exact) mass is 1830 g/mol. The van der Waals surface area contributed by atoms with Crippen molar-refractivity contribution in [2.45, 2.75) is 41.5 Å². The Morgan fingerprint density at radius 2 is 0.264 bits per heavy atom. The van der Waals surface area contributed by atoms with Crippen LogP contribution in [0.15, 0.2) is 522 Å². The second kappa shape index (κ2) is 38.3. The van der Waals surface area contributed by atoms with Gasteiger partial charge in [0.05, 0.1) is 0 Å². The lowest BCUT2D eigenvalue weighted by molar-refractivity contribution is 1.32. The molecule has 0 bridgehead atoms. The third-order valence-corrected chi connectivity index (χ3v) is 29.4. The molecule has 680 valence electrons. The Kier molecular flexibility index (Phi) is 23.6. The second-order valence-electron chi connectivity index (χ2n) is 38.7. The zero-order valence-corrected chi connectivity index (χ0v) is 81.7. The van der Waals surface area contributed by atoms with Gasteiger partial charge in [0.25, 0.3) is 0 Å². The third kappa shape index (κ3) is 16.6. The Hall–Kier alpha value is -17.9. The fourth-order valence-electron chi connectivity index (χ4n) is 23.2. The Labute approximate surface area is 843 Å². The standard InChI is InChI=1S/2C54H36.C36H32/c1-5-19-37(20-6-1)43-31-17-32-44(38-21-7-2-8-22-38)51(43)53-47-29-15-16-30-48(47)54(50-36-42-28-14-13-27-41(42)35-49(50)53)52-45(39-23-9-3-10-24-39)33-18-34-46(52)40-25-11-4-12-26-40;1-5-17-37(18-6-1)43-29-44(38-19-7-2-8-20-38)32-47(31-43)53-49-27-15-16-28-50(49)54(52-36-42-26-14-13-25-41(42)35-51(52)53)48-33-45(39-21-9-3-10-22-39)30-46(34-48)40-23-11-4-12-24-40;1-21-15-23(3)33(24(4)16-21)35-29-13-9-10-14-30(29)36(34-25(5)17-22(2)18-26(34)6)32-20-28-12-8-7-11-27(28)19-31(32)35/h2*1-36H;7-20H,1-6H3. The van der Waals surface area contributed by atoms with E-state index in [9.17, 15) is 0 Å². The van der Waals surface area contributed by atoms with E-state index >= 15 is 0 Å². The third-order valence-electron chi connectivity index (χ3n) is 29.4. The van der Waals surface area contributed by atoms with Gasteiger partial charge in [0, 0.05) is 0 Å². The van der Waals surface area contributed by atoms with Gasteiger partial charge in [0.15, 0.2) is 0 Å². The van der Waals surface area contributed by atoms with Gasteiger partial charge in [-0.05, 0) is 389 Å². The SMILES string of the molecule is Cc1cc(C)c(-c2c3ccccc3c(-c3c(C)cc(C)cc3C)c3cc4ccccc4cc23)c(C)c1.c1ccc(-c2cc(-c3ccccc3)cc(-c3c4ccccc4c(-c4cc(-c5ccccc5)cc(-c5ccccc5)c4)c4cc5ccccc5cc34)c2)cc1.c1ccc(-c2cccc(-c3ccccc3)c2-c2c3ccccc3c(-c3c(-c4ccccc4)cccc3-c3ccccc3)c3cc4ccccc4cc23)cc1. The number of benzene rings is 26. The van der Waals surface area contributed by atoms with Gasteiger partial charge in [-0.25, -0.2) is 0 Å². The number of hydrogen-bond donors (Lipinski definition) is 0. The minimum Gasteiger partial charge on any atom is -0.0622 e. The molecule has 144 heavy (non-hydrogen) atoms. The molecule has 0 heterocycles. The molecule has 0 unspecified atom stereocenters. The summed E-state index contributed by atoms with van der Waals surface area (Å²) in [5, 5.41) is 22.7. The molecule has 0 fully saturated rings. The van der Waals surface area contributed by atoms with Crippen LogP contribution in [0.3, 0.4) is 0 Å². The lowest BCUT2D eigenvalue weighted by atomic mass is 9.78. The molecule has 0 aliphatic rings. The molecule has 0 aromatic heterocycles. The van der Waals surface area contributed by atoms with E-state index in [1.165, 1.54) is 286 Å². The highest BCUT2D eigenvalue weighted by Gasteiger charge is 2.29. The van der Waals surface area contributed by atoms with Crippen molar-refractivity contribution in [3.8, 4) is 156 Å². The second-order valence-corrected chi connectivity index (χ2v) is 38.7. The summed E-state index contributed by atoms with van der Waals surface area (Å²) in [5.74, 6) is 0. The summed E-state index contributed by atoms with van der Waals surface area (Å²) in [5.41, 5.74) is 42.7. The lowest BCUT2D eigenvalue weighted by Gasteiger charge is -2.25. The minimum absolute atomic E-state index is 1.20. The highest BCUT2D eigenvalue weighted by Crippen LogP contribution is 2.56. The Morgan fingerprint density at radius 3 is 0.479 bits per heavy atom. The summed E-state index contributed by atoms with van der Waals surface area (Å²) < 4.78 is 0. The molecule has 26 rings (SSSR count). The average Bonchev–Trinajstić information content (AvgIpc) is 0.724. The molecule has 0 radical (unpaired) electrons. The maximum atomic E-state index is 2.44. The predicted octanol–water partition coefficient (Wildman–Crippen LogP) is 40.6. The van der Waals surface area contributed by atoms with Crippen molar-refractivity contribution >= 4 is 97.0 Å². The molecular formula is C144H104. The zero-order chi connectivity index (χ0) is 96.8. The first-order valence-electron chi connectivity index (χ1n) is 50.2. The lowest BCUT2D eigenvalue weighted by Crippen LogP contribution is -1.97. The summed E-state index contributed by atoms with van der Waals surface area (Å²) in [7, 11) is 0. The van der Waals surface area contributed by atoms with Gasteiger partial charge in [-0.2, -0.15) is 0 Å². The van der Waals surface area contributed by atoms with E-state index in [-0.39, 0.29) is 0 Å². The van der Waals surface area contributed by atoms with E-state index in [1.54, 1.807) is 0 Å². The summed E-state index contributed by atoms with van der Waals surface area (Å²) in [4.78, 5) is 0. The smallest absolute Gasteiger partial charge is 0.00137 e. The van der Waals surface area contributed by atoms with Crippen molar-refractivity contribution < 1.29 is 0 Å². The fourth-order valence-corrected chi connectivity index (χ4v) is 23.2. The molecule has 0 aliphatic carbocycles. The first-order chi connectivity index (χ1) is 70.9. The van der Waals surface area contributed by atoms with Crippen LogP contribution in [0.2, 0.25) is 0 Å². The van der Waals surface area contributed by atoms with Crippen molar-refractivity contribution in [1.29, 1.82) is 0 Å². The molecule has 0 amide bonds. The van der Waals surface area contributed by atoms with Gasteiger partial charge >= 0.3 is 0 Å². The molecule has 0 saturated heterocycles. The van der Waals surface area contributed by atoms with Crippen LogP contribution in [-0.2, 0) is 0 Å². The normalized spacial score (nSPS) is 11.4. The highest BCUT2D eigenvalue weighted by molar-refractivity contribution is 6.30. The van der Waals surface area contributed by atoms with Crippen molar-refractivity contribution in [1.82, 2.24) is 0 Å². The van der Waals surface area contributed by atoms with E-state index in [0.29, 0.717) is 0 Å². The molecule has 0 saturated carbocycles. The predicted molar refractivity (Wildman–Crippen MR) is 621 cm³/mol. The fraction of sp³-hybridized carbons (Fsp3) is 0.0417. The molecule has 0 atom stereocenters. The Balaban J connectivity index is 0.000000119. The Morgan fingerprint density at radius 1 is 0.0972 bits per heavy atom. The summed E-state index contributed by atoms with van der Waals surface area (Å²) in [6.07, 6.45) is 0. The van der Waals surface area contributed by atoms with Gasteiger partial charge in [0.1, 0.15) is 0 Å². The molecule has 26 aromatic rings. The van der Waals surface area contributed by atoms with Crippen molar-refractivity contribution in [3.05, 3.63) is 555 Å². The first kappa shape index (κ1) is 88.7. The van der Waals surface area contributed by atoms with Gasteiger partial charge in [-0.3, -0.25) is 0 Å². The quantitative estimate of drug-likeness (QED) is 0.0952. The molecule has 0 N–H and O–H groups in total. The van der Waals surface area contributed by atoms with E-state index in [1.807, 2.05) is 0 Å². The van der Waals surface area contributed by atoms with Gasteiger partial charge in [0.2, 0.25) is 0 Å². The molecular weight excluding hydrogens is 1730 g/mol. The first-order valence-corrected chi connectivity index (χ1v) is 50.2. The highest BCUT2D eigenvalue weighted by atomic mass is 14.3. The van der Waals surface area contributed by atoms with Gasteiger partial charge in [-0.1, -0.05) is 460 Å². The summed E-state index contributed by atoms with van der Waals surface area (Å²) in [6, 6.07) is 192. The van der Waals surface area contributed by atoms with Crippen molar-refractivity contribution in [2.24, 2.45) is 0 Å². The number of fused-ring (bicyclic) bond motifs is 9. The van der Waals surface area contributed by atoms with Crippen molar-refractivity contribution in [2.75, 3.05) is 0 Å². The van der Waals surface area contributed by atoms with E-state index < -0.39 is 0 Å². The molecule has 0 nitrogen and oxygen atoms in total. The van der Waals surface area contributed by atoms with Crippen LogP contribution in [-0.4, -0.2) is 0 Å². The number of hydrogen-bond acceptors (Lipinski definition) is 0. The van der Waals surface area contributed by atoms with Crippen LogP contribution < -0.4 is 0 Å². The summed E-state index contributed by atoms with van der Waals surface area (Å²) >= 11 is 0. The molecule has 0 aliphatic heterocycles. The van der Waals surface area contributed by atoms with Crippen molar-refractivity contribution in [3.63, 3.8) is 0 Å². The van der Waals surface area contributed by atoms with E-state index in [4.69, 9.17) is 0 Å². The number of aryl methyl sites for hydroxylation is 6. The van der Waals surface area contributed by atoms with Crippen LogP contribution in [0.5, 0.6) is 0 Å². The van der Waals surface area contributed by atoms with Crippen LogP contribution in [0.1, 0.15) is 33.4 Å². The van der Waals surface area contributed by atoms with E-state index in [2.05, 4.69) is 563 Å². The Bertz CT molecular complexity index is 8610. The average molecular weight is 1830 g/mol. The van der Waals surface area contributed by atoms with Crippen LogP contribution in [0.4, 0.5) is 0 Å². The number of rotatable bonds is 14. The minimum atomic E-state index is 1.20. The zero-order valence-electron chi connectivity index (χ0n) is 81.7. The van der Waals surface area contributed by atoms with Crippen LogP contribution in [0.25, 0.3) is 253 Å². The maximum Gasteiger partial charge on any atom is -0.00137 e. The molecule has 0 heteroatoms. The van der Waals surface area contributed by atoms with Crippen LogP contribution >= 0.6 is 0 Å². The summed E-state index contributed by atoms with van der Waals surface area (Å²) in [6.45, 7) is 13.4. The van der Waals surface area contributed by atoms with Crippen LogP contribution in [0, 0.1) is 41.5 Å².